The van der Waals surface area contributed by atoms with Crippen molar-refractivity contribution < 1.29 is 14.7 Å². The molecule has 2 aliphatic rings. The van der Waals surface area contributed by atoms with Gasteiger partial charge in [0.05, 0.1) is 0 Å². The maximum atomic E-state index is 12.2. The Kier molecular flexibility index (Phi) is 2.81. The number of fused-ring (bicyclic) bond motifs is 2. The van der Waals surface area contributed by atoms with Crippen molar-refractivity contribution in [2.75, 3.05) is 5.32 Å². The van der Waals surface area contributed by atoms with Gasteiger partial charge in [0.25, 0.3) is 0 Å². The molecular weight excluding hydrogens is 252 g/mol. The highest BCUT2D eigenvalue weighted by Crippen LogP contribution is 2.52. The number of carbonyl (C=O) groups is 2. The van der Waals surface area contributed by atoms with Crippen LogP contribution in [0.5, 0.6) is 0 Å². The average molecular weight is 265 g/mol. The third-order valence-corrected chi connectivity index (χ3v) is 4.84. The highest BCUT2D eigenvalue weighted by atomic mass is 32.1. The van der Waals surface area contributed by atoms with E-state index in [0.717, 1.165) is 19.3 Å². The van der Waals surface area contributed by atoms with Crippen molar-refractivity contribution in [3.63, 3.8) is 0 Å². The fraction of sp³-hybridized carbons (Fsp3) is 0.583. The summed E-state index contributed by atoms with van der Waals surface area (Å²) < 4.78 is 0. The SMILES string of the molecule is O=C(Nc1nccs1)[C@@H]1[C@@H]2CC[C@@H](C2)[C@@H]1C(=O)[O-]. The molecule has 2 saturated carbocycles. The zero-order valence-corrected chi connectivity index (χ0v) is 10.5. The Hall–Kier alpha value is -1.43. The Labute approximate surface area is 108 Å². The van der Waals surface area contributed by atoms with Crippen LogP contribution in [0.25, 0.3) is 0 Å². The predicted octanol–water partition coefficient (Wildman–Crippen LogP) is 0.494. The summed E-state index contributed by atoms with van der Waals surface area (Å²) in [4.78, 5) is 27.4. The van der Waals surface area contributed by atoms with Crippen LogP contribution in [0.4, 0.5) is 5.13 Å². The van der Waals surface area contributed by atoms with Crippen molar-refractivity contribution >= 4 is 28.3 Å². The van der Waals surface area contributed by atoms with Crippen LogP contribution in [0.2, 0.25) is 0 Å². The van der Waals surface area contributed by atoms with Gasteiger partial charge in [0, 0.05) is 29.4 Å². The molecule has 5 nitrogen and oxygen atoms in total. The number of nitrogens with zero attached hydrogens (tertiary/aromatic N) is 1. The molecule has 18 heavy (non-hydrogen) atoms. The van der Waals surface area contributed by atoms with Gasteiger partial charge >= 0.3 is 0 Å². The van der Waals surface area contributed by atoms with Crippen LogP contribution in [0.1, 0.15) is 19.3 Å². The first-order chi connectivity index (χ1) is 8.66. The zero-order chi connectivity index (χ0) is 12.7. The lowest BCUT2D eigenvalue weighted by Gasteiger charge is -2.30. The summed E-state index contributed by atoms with van der Waals surface area (Å²) in [5.74, 6) is -2.06. The lowest BCUT2D eigenvalue weighted by Crippen LogP contribution is -2.43. The summed E-state index contributed by atoms with van der Waals surface area (Å²) >= 11 is 1.33. The normalized spacial score (nSPS) is 33.6. The van der Waals surface area contributed by atoms with E-state index in [9.17, 15) is 14.7 Å². The lowest BCUT2D eigenvalue weighted by molar-refractivity contribution is -0.314. The number of hydrogen-bond donors (Lipinski definition) is 1. The summed E-state index contributed by atoms with van der Waals surface area (Å²) in [5.41, 5.74) is 0. The third-order valence-electron chi connectivity index (χ3n) is 4.15. The molecule has 2 aliphatic carbocycles. The molecule has 0 saturated heterocycles. The average Bonchev–Trinajstić information content (AvgIpc) is 3.03. The molecule has 1 aromatic rings. The number of anilines is 1. The molecule has 1 N–H and O–H groups in total. The molecular formula is C12H13N2O3S-. The monoisotopic (exact) mass is 265 g/mol. The smallest absolute Gasteiger partial charge is 0.230 e. The molecule has 0 unspecified atom stereocenters. The summed E-state index contributed by atoms with van der Waals surface area (Å²) in [6.07, 6.45) is 4.31. The second-order valence-corrected chi connectivity index (χ2v) is 5.92. The Morgan fingerprint density at radius 2 is 2.06 bits per heavy atom. The lowest BCUT2D eigenvalue weighted by atomic mass is 9.79. The Morgan fingerprint density at radius 3 is 2.67 bits per heavy atom. The van der Waals surface area contributed by atoms with E-state index in [0.29, 0.717) is 5.13 Å². The van der Waals surface area contributed by atoms with E-state index in [-0.39, 0.29) is 17.7 Å². The maximum absolute atomic E-state index is 12.2. The van der Waals surface area contributed by atoms with E-state index >= 15 is 0 Å². The van der Waals surface area contributed by atoms with Crippen molar-refractivity contribution in [3.8, 4) is 0 Å². The van der Waals surface area contributed by atoms with Gasteiger partial charge < -0.3 is 15.2 Å². The largest absolute Gasteiger partial charge is 0.550 e. The molecule has 96 valence electrons. The molecule has 2 fully saturated rings. The number of carbonyl (C=O) groups excluding carboxylic acids is 2. The molecule has 0 aromatic carbocycles. The molecule has 1 aromatic heterocycles. The Morgan fingerprint density at radius 1 is 1.33 bits per heavy atom. The van der Waals surface area contributed by atoms with Gasteiger partial charge in [-0.2, -0.15) is 0 Å². The molecule has 2 bridgehead atoms. The summed E-state index contributed by atoms with van der Waals surface area (Å²) in [7, 11) is 0. The van der Waals surface area contributed by atoms with E-state index in [1.807, 2.05) is 0 Å². The first-order valence-corrected chi connectivity index (χ1v) is 6.96. The predicted molar refractivity (Wildman–Crippen MR) is 63.6 cm³/mol. The Bertz CT molecular complexity index is 474. The van der Waals surface area contributed by atoms with Crippen molar-refractivity contribution in [2.24, 2.45) is 23.7 Å². The minimum Gasteiger partial charge on any atom is -0.550 e. The summed E-state index contributed by atoms with van der Waals surface area (Å²) in [6, 6.07) is 0. The van der Waals surface area contributed by atoms with Crippen LogP contribution < -0.4 is 10.4 Å². The number of aromatic nitrogens is 1. The van der Waals surface area contributed by atoms with Crippen molar-refractivity contribution in [1.29, 1.82) is 0 Å². The third kappa shape index (κ3) is 1.80. The summed E-state index contributed by atoms with van der Waals surface area (Å²) in [5, 5.41) is 16.2. The van der Waals surface area contributed by atoms with Crippen LogP contribution in [0.15, 0.2) is 11.6 Å². The minimum absolute atomic E-state index is 0.118. The van der Waals surface area contributed by atoms with Crippen molar-refractivity contribution in [2.45, 2.75) is 19.3 Å². The number of carboxylic acids is 1. The highest BCUT2D eigenvalue weighted by molar-refractivity contribution is 7.13. The maximum Gasteiger partial charge on any atom is 0.230 e. The van der Waals surface area contributed by atoms with Crippen LogP contribution in [0, 0.1) is 23.7 Å². The molecule has 1 heterocycles. The van der Waals surface area contributed by atoms with Crippen molar-refractivity contribution in [1.82, 2.24) is 4.98 Å². The zero-order valence-electron chi connectivity index (χ0n) is 9.67. The number of amides is 1. The van der Waals surface area contributed by atoms with Gasteiger partial charge in [-0.1, -0.05) is 0 Å². The molecule has 0 radical (unpaired) electrons. The van der Waals surface area contributed by atoms with E-state index in [1.165, 1.54) is 11.3 Å². The van der Waals surface area contributed by atoms with Gasteiger partial charge in [-0.3, -0.25) is 4.79 Å². The number of hydrogen-bond acceptors (Lipinski definition) is 5. The van der Waals surface area contributed by atoms with Gasteiger partial charge in [-0.05, 0) is 31.1 Å². The van der Waals surface area contributed by atoms with Crippen LogP contribution in [0.3, 0.4) is 0 Å². The second kappa shape index (κ2) is 4.35. The minimum atomic E-state index is -1.08. The highest BCUT2D eigenvalue weighted by Gasteiger charge is 2.51. The number of thiazole rings is 1. The van der Waals surface area contributed by atoms with Gasteiger partial charge in [0.1, 0.15) is 0 Å². The van der Waals surface area contributed by atoms with Gasteiger partial charge in [0.2, 0.25) is 5.91 Å². The molecule has 0 spiro atoms. The van der Waals surface area contributed by atoms with Crippen molar-refractivity contribution in [3.05, 3.63) is 11.6 Å². The molecule has 4 atom stereocenters. The number of rotatable bonds is 3. The van der Waals surface area contributed by atoms with Gasteiger partial charge in [0.15, 0.2) is 5.13 Å². The first-order valence-electron chi connectivity index (χ1n) is 6.08. The number of nitrogens with one attached hydrogen (secondary N) is 1. The quantitative estimate of drug-likeness (QED) is 0.862. The number of aliphatic carboxylic acids is 1. The standard InChI is InChI=1S/C12H14N2O3S/c15-10(14-12-13-3-4-18-12)8-6-1-2-7(5-6)9(8)11(16)17/h3-4,6-9H,1-2,5H2,(H,16,17)(H,13,14,15)/p-1/t6-,7+,8-,9+/m1/s1. The van der Waals surface area contributed by atoms with Crippen LogP contribution in [-0.2, 0) is 9.59 Å². The molecule has 3 rings (SSSR count). The first kappa shape index (κ1) is 11.6. The summed E-state index contributed by atoms with van der Waals surface area (Å²) in [6.45, 7) is 0. The molecule has 1 amide bonds. The van der Waals surface area contributed by atoms with Crippen LogP contribution >= 0.6 is 11.3 Å². The topological polar surface area (TPSA) is 82.1 Å². The fourth-order valence-electron chi connectivity index (χ4n) is 3.48. The van der Waals surface area contributed by atoms with E-state index in [4.69, 9.17) is 0 Å². The second-order valence-electron chi connectivity index (χ2n) is 5.03. The molecule has 0 aliphatic heterocycles. The molecule has 6 heteroatoms. The van der Waals surface area contributed by atoms with E-state index < -0.39 is 17.8 Å². The number of carboxylic acid groups (broad SMARTS) is 1. The Balaban J connectivity index is 1.78. The van der Waals surface area contributed by atoms with Gasteiger partial charge in [-0.15, -0.1) is 11.3 Å². The fourth-order valence-corrected chi connectivity index (χ4v) is 4.01. The van der Waals surface area contributed by atoms with Crippen LogP contribution in [-0.4, -0.2) is 16.9 Å². The van der Waals surface area contributed by atoms with Gasteiger partial charge in [-0.25, -0.2) is 4.98 Å². The van der Waals surface area contributed by atoms with E-state index in [2.05, 4.69) is 10.3 Å². The van der Waals surface area contributed by atoms with E-state index in [1.54, 1.807) is 11.6 Å².